The molecule has 0 spiro atoms. The molecule has 3 heteroatoms. The maximum atomic E-state index is 10.4. The van der Waals surface area contributed by atoms with Crippen LogP contribution in [-0.4, -0.2) is 48.5 Å². The Bertz CT molecular complexity index is 518. The van der Waals surface area contributed by atoms with Crippen molar-refractivity contribution in [2.45, 2.75) is 71.3 Å². The molecule has 3 aliphatic rings. The van der Waals surface area contributed by atoms with Crippen molar-refractivity contribution >= 4 is 0 Å². The van der Waals surface area contributed by atoms with Gasteiger partial charge in [-0.1, -0.05) is 26.0 Å². The van der Waals surface area contributed by atoms with Gasteiger partial charge in [0.05, 0.1) is 6.10 Å². The van der Waals surface area contributed by atoms with Gasteiger partial charge in [-0.3, -0.25) is 0 Å². The first-order chi connectivity index (χ1) is 12.2. The molecule has 7 atom stereocenters. The highest BCUT2D eigenvalue weighted by Crippen LogP contribution is 2.63. The van der Waals surface area contributed by atoms with Crippen molar-refractivity contribution in [3.63, 3.8) is 0 Å². The Morgan fingerprint density at radius 1 is 1.12 bits per heavy atom. The van der Waals surface area contributed by atoms with E-state index in [-0.39, 0.29) is 16.9 Å². The number of nitrogens with zero attached hydrogens (tertiary/aromatic N) is 1. The monoisotopic (exact) mass is 363 g/mol. The number of hydrogen-bond acceptors (Lipinski definition) is 3. The lowest BCUT2D eigenvalue weighted by Gasteiger charge is -2.56. The van der Waals surface area contributed by atoms with Gasteiger partial charge < -0.3 is 15.1 Å². The van der Waals surface area contributed by atoms with Crippen LogP contribution in [0.2, 0.25) is 0 Å². The molecule has 0 aromatic rings. The van der Waals surface area contributed by atoms with Crippen LogP contribution in [0, 0.1) is 34.5 Å². The molecule has 3 saturated carbocycles. The zero-order chi connectivity index (χ0) is 19.1. The van der Waals surface area contributed by atoms with E-state index in [0.29, 0.717) is 30.3 Å². The fraction of sp³-hybridized carbons (Fsp3) is 0.913. The Labute approximate surface area is 160 Å². The molecule has 0 aromatic heterocycles. The molecule has 3 nitrogen and oxygen atoms in total. The van der Waals surface area contributed by atoms with Crippen LogP contribution in [0.15, 0.2) is 12.2 Å². The van der Waals surface area contributed by atoms with Gasteiger partial charge in [-0.15, -0.1) is 0 Å². The third kappa shape index (κ3) is 3.40. The average molecular weight is 364 g/mol. The zero-order valence-electron chi connectivity index (χ0n) is 17.5. The van der Waals surface area contributed by atoms with Crippen molar-refractivity contribution < 1.29 is 10.2 Å². The summed E-state index contributed by atoms with van der Waals surface area (Å²) in [6.07, 6.45) is 8.79. The molecular weight excluding hydrogens is 322 g/mol. The van der Waals surface area contributed by atoms with E-state index in [0.717, 1.165) is 38.6 Å². The number of aliphatic hydroxyl groups is 2. The van der Waals surface area contributed by atoms with E-state index in [1.807, 2.05) is 0 Å². The number of allylic oxidation sites excluding steroid dienone is 1. The molecule has 2 N–H and O–H groups in total. The van der Waals surface area contributed by atoms with E-state index in [2.05, 4.69) is 39.4 Å². The average Bonchev–Trinajstić information content (AvgIpc) is 2.90. The minimum atomic E-state index is -0.136. The Balaban J connectivity index is 1.85. The summed E-state index contributed by atoms with van der Waals surface area (Å²) in [5.74, 6) is 2.13. The van der Waals surface area contributed by atoms with Crippen LogP contribution in [0.5, 0.6) is 0 Å². The lowest BCUT2D eigenvalue weighted by Crippen LogP contribution is -2.51. The molecule has 3 fully saturated rings. The zero-order valence-corrected chi connectivity index (χ0v) is 17.5. The summed E-state index contributed by atoms with van der Waals surface area (Å²) in [4.78, 5) is 2.27. The van der Waals surface area contributed by atoms with E-state index < -0.39 is 0 Å². The maximum absolute atomic E-state index is 10.4. The Hall–Kier alpha value is -0.380. The molecule has 3 rings (SSSR count). The fourth-order valence-electron chi connectivity index (χ4n) is 7.01. The van der Waals surface area contributed by atoms with Crippen molar-refractivity contribution in [2.24, 2.45) is 34.5 Å². The molecule has 150 valence electrons. The van der Waals surface area contributed by atoms with Crippen LogP contribution in [0.25, 0.3) is 0 Å². The topological polar surface area (TPSA) is 43.7 Å². The van der Waals surface area contributed by atoms with Crippen LogP contribution in [0.3, 0.4) is 0 Å². The van der Waals surface area contributed by atoms with Crippen molar-refractivity contribution in [1.82, 2.24) is 4.90 Å². The van der Waals surface area contributed by atoms with Gasteiger partial charge in [-0.05, 0) is 107 Å². The van der Waals surface area contributed by atoms with Gasteiger partial charge in [-0.2, -0.15) is 0 Å². The highest BCUT2D eigenvalue weighted by molar-refractivity contribution is 5.20. The highest BCUT2D eigenvalue weighted by atomic mass is 16.3. The van der Waals surface area contributed by atoms with Gasteiger partial charge in [-0.25, -0.2) is 0 Å². The second-order valence-electron chi connectivity index (χ2n) is 10.4. The normalized spacial score (nSPS) is 46.6. The summed E-state index contributed by atoms with van der Waals surface area (Å²) < 4.78 is 0. The van der Waals surface area contributed by atoms with E-state index in [4.69, 9.17) is 0 Å². The van der Waals surface area contributed by atoms with Crippen molar-refractivity contribution in [3.05, 3.63) is 12.2 Å². The predicted molar refractivity (Wildman–Crippen MR) is 108 cm³/mol. The van der Waals surface area contributed by atoms with E-state index in [9.17, 15) is 10.2 Å². The third-order valence-corrected chi connectivity index (χ3v) is 8.88. The molecule has 0 bridgehead atoms. The molecule has 0 radical (unpaired) electrons. The minimum absolute atomic E-state index is 0.136. The standard InChI is InChI=1S/C23H41NO2/c1-16-6-7-20-19(15-25)21(9-12-22(16,20)2)23(3)11-8-18(26)14-17(23)10-13-24(4)5/h17-21,25-26H,1,6-15H2,2-5H3/t17-,18-,19+,20?,21?,22-,23-/m0/s1. The molecule has 3 aliphatic carbocycles. The second-order valence-corrected chi connectivity index (χ2v) is 10.4. The lowest BCUT2D eigenvalue weighted by molar-refractivity contribution is -0.0962. The first-order valence-corrected chi connectivity index (χ1v) is 10.8. The number of hydrogen-bond donors (Lipinski definition) is 2. The van der Waals surface area contributed by atoms with Crippen LogP contribution in [0.4, 0.5) is 0 Å². The second kappa shape index (κ2) is 7.56. The molecule has 0 aromatic carbocycles. The summed E-state index contributed by atoms with van der Waals surface area (Å²) in [6.45, 7) is 10.7. The first-order valence-electron chi connectivity index (χ1n) is 10.8. The van der Waals surface area contributed by atoms with Crippen molar-refractivity contribution in [1.29, 1.82) is 0 Å². The Morgan fingerprint density at radius 2 is 1.85 bits per heavy atom. The van der Waals surface area contributed by atoms with Crippen molar-refractivity contribution in [3.8, 4) is 0 Å². The van der Waals surface area contributed by atoms with Gasteiger partial charge in [0.25, 0.3) is 0 Å². The molecule has 0 heterocycles. The molecule has 26 heavy (non-hydrogen) atoms. The van der Waals surface area contributed by atoms with E-state index in [1.54, 1.807) is 0 Å². The van der Waals surface area contributed by atoms with Crippen molar-refractivity contribution in [2.75, 3.05) is 27.2 Å². The third-order valence-electron chi connectivity index (χ3n) is 8.88. The van der Waals surface area contributed by atoms with Crippen LogP contribution in [-0.2, 0) is 0 Å². The molecule has 0 saturated heterocycles. The van der Waals surface area contributed by atoms with Crippen LogP contribution in [0.1, 0.15) is 65.2 Å². The SMILES string of the molecule is C=C1CCC2[C@@H](CO)C([C@@]3(C)CC[C@H](O)C[C@@H]3CCN(C)C)CC[C@@]12C. The molecule has 0 aliphatic heterocycles. The fourth-order valence-corrected chi connectivity index (χ4v) is 7.01. The largest absolute Gasteiger partial charge is 0.396 e. The predicted octanol–water partition coefficient (Wildman–Crippen LogP) is 4.10. The summed E-state index contributed by atoms with van der Waals surface area (Å²) in [5, 5.41) is 20.8. The van der Waals surface area contributed by atoms with E-state index in [1.165, 1.54) is 24.8 Å². The number of aliphatic hydroxyl groups excluding tert-OH is 2. The summed E-state index contributed by atoms with van der Waals surface area (Å²) in [6, 6.07) is 0. The summed E-state index contributed by atoms with van der Waals surface area (Å²) in [7, 11) is 4.28. The maximum Gasteiger partial charge on any atom is 0.0543 e. The molecular formula is C23H41NO2. The number of fused-ring (bicyclic) bond motifs is 1. The number of rotatable bonds is 5. The minimum Gasteiger partial charge on any atom is -0.396 e. The summed E-state index contributed by atoms with van der Waals surface area (Å²) >= 11 is 0. The summed E-state index contributed by atoms with van der Waals surface area (Å²) in [5.41, 5.74) is 1.91. The van der Waals surface area contributed by atoms with Gasteiger partial charge in [0.2, 0.25) is 0 Å². The van der Waals surface area contributed by atoms with Gasteiger partial charge in [0, 0.05) is 6.61 Å². The van der Waals surface area contributed by atoms with Crippen LogP contribution >= 0.6 is 0 Å². The quantitative estimate of drug-likeness (QED) is 0.723. The molecule has 2 unspecified atom stereocenters. The van der Waals surface area contributed by atoms with Gasteiger partial charge in [0.15, 0.2) is 0 Å². The lowest BCUT2D eigenvalue weighted by atomic mass is 9.49. The Kier molecular flexibility index (Phi) is 5.92. The smallest absolute Gasteiger partial charge is 0.0543 e. The van der Waals surface area contributed by atoms with Gasteiger partial charge in [0.1, 0.15) is 0 Å². The van der Waals surface area contributed by atoms with Gasteiger partial charge >= 0.3 is 0 Å². The molecule has 0 amide bonds. The first kappa shape index (κ1) is 20.4. The highest BCUT2D eigenvalue weighted by Gasteiger charge is 2.56. The van der Waals surface area contributed by atoms with E-state index >= 15 is 0 Å². The van der Waals surface area contributed by atoms with Crippen LogP contribution < -0.4 is 0 Å². The Morgan fingerprint density at radius 3 is 2.50 bits per heavy atom.